The van der Waals surface area contributed by atoms with E-state index in [0.29, 0.717) is 12.8 Å². The molecular weight excluding hydrogens is 1130 g/mol. The second-order valence-corrected chi connectivity index (χ2v) is 26.8. The van der Waals surface area contributed by atoms with E-state index in [1.54, 1.807) is 6.08 Å². The highest BCUT2D eigenvalue weighted by Gasteiger charge is 2.51. The summed E-state index contributed by atoms with van der Waals surface area (Å²) < 4.78 is 22.8. The smallest absolute Gasteiger partial charge is 0.220 e. The first kappa shape index (κ1) is 84.0. The van der Waals surface area contributed by atoms with Gasteiger partial charge in [-0.1, -0.05) is 313 Å². The Bertz CT molecular complexity index is 1690. The molecule has 2 fully saturated rings. The van der Waals surface area contributed by atoms with Crippen LogP contribution >= 0.6 is 0 Å². The first-order valence-electron chi connectivity index (χ1n) is 37.9. The van der Waals surface area contributed by atoms with Crippen LogP contribution in [0.15, 0.2) is 48.6 Å². The summed E-state index contributed by atoms with van der Waals surface area (Å²) >= 11 is 0. The van der Waals surface area contributed by atoms with E-state index in [1.165, 1.54) is 263 Å². The predicted octanol–water partition coefficient (Wildman–Crippen LogP) is 16.2. The third-order valence-corrected chi connectivity index (χ3v) is 18.5. The molecule has 90 heavy (non-hydrogen) atoms. The number of carbonyl (C=O) groups excluding carboxylic acids is 1. The summed E-state index contributed by atoms with van der Waals surface area (Å²) in [6, 6.07) is -0.930. The maximum atomic E-state index is 13.3. The number of hydrogen-bond donors (Lipinski definition) is 9. The topological polar surface area (TPSA) is 228 Å². The van der Waals surface area contributed by atoms with Gasteiger partial charge >= 0.3 is 0 Å². The molecule has 2 aliphatic heterocycles. The van der Waals surface area contributed by atoms with Gasteiger partial charge in [-0.2, -0.15) is 0 Å². The van der Waals surface area contributed by atoms with Gasteiger partial charge in [0.05, 0.1) is 32.0 Å². The molecule has 0 saturated carbocycles. The van der Waals surface area contributed by atoms with Crippen LogP contribution in [-0.4, -0.2) is 140 Å². The lowest BCUT2D eigenvalue weighted by Crippen LogP contribution is -2.65. The SMILES string of the molecule is CCCCCCC/C=C\C/C=C\CCCCCCCCCCCCCCCCCCCCCCCCCCCCCCCC(=O)NC(COC1OC(CO)C(OC2OC(CO)C(O)C(O)C2O)C(O)C1O)C(O)/C=C/CC/C=C/CCCCCCCCCCC. The summed E-state index contributed by atoms with van der Waals surface area (Å²) in [5.41, 5.74) is 0. The van der Waals surface area contributed by atoms with Crippen LogP contribution in [0.25, 0.3) is 0 Å². The summed E-state index contributed by atoms with van der Waals surface area (Å²) in [5, 5.41) is 87.3. The highest BCUT2D eigenvalue weighted by atomic mass is 16.7. The lowest BCUT2D eigenvalue weighted by Gasteiger charge is -2.46. The van der Waals surface area contributed by atoms with Gasteiger partial charge in [-0.05, 0) is 64.2 Å². The first-order valence-corrected chi connectivity index (χ1v) is 37.9. The minimum Gasteiger partial charge on any atom is -0.394 e. The fourth-order valence-electron chi connectivity index (χ4n) is 12.5. The summed E-state index contributed by atoms with van der Waals surface area (Å²) in [7, 11) is 0. The molecule has 0 spiro atoms. The van der Waals surface area contributed by atoms with E-state index in [1.807, 2.05) is 6.08 Å². The first-order chi connectivity index (χ1) is 44.1. The average Bonchev–Trinajstić information content (AvgIpc) is 1.58. The zero-order valence-electron chi connectivity index (χ0n) is 57.6. The van der Waals surface area contributed by atoms with E-state index in [0.717, 1.165) is 38.5 Å². The predicted molar refractivity (Wildman–Crippen MR) is 369 cm³/mol. The number of aliphatic hydroxyl groups excluding tert-OH is 8. The van der Waals surface area contributed by atoms with Gasteiger partial charge in [0, 0.05) is 6.42 Å². The van der Waals surface area contributed by atoms with Crippen molar-refractivity contribution in [3.05, 3.63) is 48.6 Å². The van der Waals surface area contributed by atoms with E-state index in [2.05, 4.69) is 55.6 Å². The number of aliphatic hydroxyl groups is 8. The summed E-state index contributed by atoms with van der Waals surface area (Å²) in [6.45, 7) is 2.80. The van der Waals surface area contributed by atoms with Gasteiger partial charge in [0.2, 0.25) is 5.91 Å². The lowest BCUT2D eigenvalue weighted by atomic mass is 9.97. The van der Waals surface area contributed by atoms with Crippen LogP contribution in [0, 0.1) is 0 Å². The molecule has 0 aromatic carbocycles. The Morgan fingerprint density at radius 3 is 1.16 bits per heavy atom. The molecule has 0 aliphatic carbocycles. The fraction of sp³-hybridized carbons (Fsp3) is 0.882. The second-order valence-electron chi connectivity index (χ2n) is 26.8. The number of ether oxygens (including phenoxy) is 4. The van der Waals surface area contributed by atoms with Gasteiger partial charge in [-0.15, -0.1) is 0 Å². The highest BCUT2D eigenvalue weighted by molar-refractivity contribution is 5.76. The maximum Gasteiger partial charge on any atom is 0.220 e. The molecule has 2 rings (SSSR count). The van der Waals surface area contributed by atoms with Crippen LogP contribution in [0.1, 0.15) is 335 Å². The molecule has 2 saturated heterocycles. The van der Waals surface area contributed by atoms with Gasteiger partial charge in [0.15, 0.2) is 12.6 Å². The van der Waals surface area contributed by atoms with Crippen LogP contribution in [-0.2, 0) is 23.7 Å². The maximum absolute atomic E-state index is 13.3. The Morgan fingerprint density at radius 1 is 0.400 bits per heavy atom. The fourth-order valence-corrected chi connectivity index (χ4v) is 12.5. The van der Waals surface area contributed by atoms with Gasteiger partial charge < -0.3 is 65.1 Å². The van der Waals surface area contributed by atoms with Crippen LogP contribution in [0.3, 0.4) is 0 Å². The van der Waals surface area contributed by atoms with Crippen molar-refractivity contribution in [2.24, 2.45) is 0 Å². The molecule has 0 aromatic heterocycles. The molecule has 12 atom stereocenters. The van der Waals surface area contributed by atoms with Crippen molar-refractivity contribution < 1.29 is 64.6 Å². The third-order valence-electron chi connectivity index (χ3n) is 18.5. The Kier molecular flexibility index (Phi) is 56.6. The van der Waals surface area contributed by atoms with E-state index >= 15 is 0 Å². The Morgan fingerprint density at radius 2 is 0.744 bits per heavy atom. The van der Waals surface area contributed by atoms with E-state index in [4.69, 9.17) is 18.9 Å². The molecule has 9 N–H and O–H groups in total. The molecular formula is C76H141NO13. The van der Waals surface area contributed by atoms with Crippen molar-refractivity contribution >= 4 is 5.91 Å². The highest BCUT2D eigenvalue weighted by Crippen LogP contribution is 2.30. The van der Waals surface area contributed by atoms with Crippen molar-refractivity contribution in [1.29, 1.82) is 0 Å². The second kappa shape index (κ2) is 60.6. The molecule has 14 nitrogen and oxygen atoms in total. The quantitative estimate of drug-likeness (QED) is 0.0204. The van der Waals surface area contributed by atoms with E-state index in [-0.39, 0.29) is 18.9 Å². The summed E-state index contributed by atoms with van der Waals surface area (Å²) in [5.74, 6) is -0.244. The van der Waals surface area contributed by atoms with Crippen molar-refractivity contribution in [2.75, 3.05) is 19.8 Å². The number of rotatable bonds is 63. The number of hydrogen-bond acceptors (Lipinski definition) is 13. The minimum atomic E-state index is -1.79. The van der Waals surface area contributed by atoms with Gasteiger partial charge in [0.25, 0.3) is 0 Å². The molecule has 0 bridgehead atoms. The third kappa shape index (κ3) is 43.8. The molecule has 528 valence electrons. The van der Waals surface area contributed by atoms with E-state index < -0.39 is 86.8 Å². The minimum absolute atomic E-state index is 0.244. The Balaban J connectivity index is 1.54. The van der Waals surface area contributed by atoms with E-state index in [9.17, 15) is 45.6 Å². The molecule has 0 radical (unpaired) electrons. The number of amides is 1. The number of nitrogens with one attached hydrogen (secondary N) is 1. The number of carbonyl (C=O) groups is 1. The molecule has 2 aliphatic rings. The van der Waals surface area contributed by atoms with Crippen LogP contribution in [0.4, 0.5) is 0 Å². The molecule has 12 unspecified atom stereocenters. The van der Waals surface area contributed by atoms with Crippen molar-refractivity contribution in [1.82, 2.24) is 5.32 Å². The normalized spacial score (nSPS) is 23.1. The summed E-state index contributed by atoms with van der Waals surface area (Å²) in [4.78, 5) is 13.3. The monoisotopic (exact) mass is 1280 g/mol. The van der Waals surface area contributed by atoms with Crippen LogP contribution in [0.2, 0.25) is 0 Å². The molecule has 2 heterocycles. The number of unbranched alkanes of at least 4 members (excludes halogenated alkanes) is 44. The molecule has 14 heteroatoms. The standard InChI is InChI=1S/C76H141NO13/c1-3-5-7-9-11-13-15-17-19-20-21-22-23-24-25-26-27-28-29-30-31-32-33-34-35-36-37-38-39-40-41-42-43-44-46-48-50-52-54-56-58-60-68(81)77-64(65(80)59-57-55-53-51-49-47-45-18-16-14-12-10-8-6-4-2)63-87-75-73(86)71(84)74(67(62-79)89-75)90-76-72(85)70(83)69(82)66(61-78)88-76/h15,17,20-21,49,51,57,59,64-67,69-76,78-80,82-86H,3-14,16,18-19,22-48,50,52-56,58,60-63H2,1-2H3,(H,77,81)/b17-15-,21-20-,51-49+,59-57+. The van der Waals surface area contributed by atoms with Crippen LogP contribution < -0.4 is 5.32 Å². The van der Waals surface area contributed by atoms with Crippen LogP contribution in [0.5, 0.6) is 0 Å². The van der Waals surface area contributed by atoms with Gasteiger partial charge in [-0.3, -0.25) is 4.79 Å². The Hall–Kier alpha value is -2.05. The average molecular weight is 1280 g/mol. The zero-order chi connectivity index (χ0) is 65.2. The van der Waals surface area contributed by atoms with Crippen molar-refractivity contribution in [2.45, 2.75) is 408 Å². The molecule has 0 aromatic rings. The Labute approximate surface area is 550 Å². The van der Waals surface area contributed by atoms with Gasteiger partial charge in [-0.25, -0.2) is 0 Å². The van der Waals surface area contributed by atoms with Crippen molar-refractivity contribution in [3.63, 3.8) is 0 Å². The largest absolute Gasteiger partial charge is 0.394 e. The zero-order valence-corrected chi connectivity index (χ0v) is 57.6. The lowest BCUT2D eigenvalue weighted by molar-refractivity contribution is -0.359. The molecule has 1 amide bonds. The van der Waals surface area contributed by atoms with Crippen molar-refractivity contribution in [3.8, 4) is 0 Å². The summed E-state index contributed by atoms with van der Waals surface area (Å²) in [6.07, 6.45) is 63.6. The number of allylic oxidation sites excluding steroid dienone is 7. The van der Waals surface area contributed by atoms with Gasteiger partial charge in [0.1, 0.15) is 48.8 Å².